The highest BCUT2D eigenvalue weighted by Gasteiger charge is 2.39. The number of fused-ring (bicyclic) bond motifs is 1. The van der Waals surface area contributed by atoms with Crippen molar-refractivity contribution in [1.29, 1.82) is 5.26 Å². The van der Waals surface area contributed by atoms with Crippen LogP contribution < -0.4 is 0 Å². The SMILES string of the molecule is CCn1cc(-c2ccccc2[C@@H]2CN(C(=O)/C=C/C3COCCN3C(=O)OC(C)(C)C)Cc3sc(C#N)cc32)c(C(F)(F)F)n1. The molecule has 5 rings (SSSR count). The van der Waals surface area contributed by atoms with Crippen molar-refractivity contribution in [3.05, 3.63) is 75.3 Å². The second-order valence-electron chi connectivity index (χ2n) is 11.9. The number of morpholine rings is 1. The molecule has 45 heavy (non-hydrogen) atoms. The molecule has 0 spiro atoms. The van der Waals surface area contributed by atoms with Gasteiger partial charge in [-0.15, -0.1) is 11.3 Å². The number of hydrogen-bond acceptors (Lipinski definition) is 7. The van der Waals surface area contributed by atoms with Gasteiger partial charge >= 0.3 is 12.3 Å². The van der Waals surface area contributed by atoms with Crippen LogP contribution in [0, 0.1) is 11.3 Å². The molecule has 0 bridgehead atoms. The van der Waals surface area contributed by atoms with E-state index >= 15 is 0 Å². The Balaban J connectivity index is 1.48. The summed E-state index contributed by atoms with van der Waals surface area (Å²) in [4.78, 5) is 30.8. The lowest BCUT2D eigenvalue weighted by Crippen LogP contribution is -2.49. The Morgan fingerprint density at radius 1 is 1.20 bits per heavy atom. The van der Waals surface area contributed by atoms with E-state index in [4.69, 9.17) is 9.47 Å². The fourth-order valence-electron chi connectivity index (χ4n) is 5.57. The summed E-state index contributed by atoms with van der Waals surface area (Å²) in [6.07, 6.45) is -0.752. The van der Waals surface area contributed by atoms with Crippen molar-refractivity contribution in [3.8, 4) is 17.2 Å². The van der Waals surface area contributed by atoms with Crippen molar-refractivity contribution in [2.45, 2.75) is 64.5 Å². The van der Waals surface area contributed by atoms with Gasteiger partial charge in [0.05, 0.1) is 25.8 Å². The normalized spacial score (nSPS) is 19.0. The molecule has 2 amide bonds. The summed E-state index contributed by atoms with van der Waals surface area (Å²) in [5, 5.41) is 13.5. The number of aromatic nitrogens is 2. The predicted molar refractivity (Wildman–Crippen MR) is 161 cm³/mol. The van der Waals surface area contributed by atoms with Gasteiger partial charge in [-0.3, -0.25) is 14.4 Å². The smallest absolute Gasteiger partial charge is 0.435 e. The van der Waals surface area contributed by atoms with Gasteiger partial charge in [-0.05, 0) is 50.5 Å². The molecule has 2 aliphatic heterocycles. The maximum absolute atomic E-state index is 14.1. The lowest BCUT2D eigenvalue weighted by Gasteiger charge is -2.35. The van der Waals surface area contributed by atoms with Crippen LogP contribution in [0.1, 0.15) is 60.2 Å². The highest BCUT2D eigenvalue weighted by molar-refractivity contribution is 7.12. The molecule has 2 aromatic heterocycles. The molecule has 3 aromatic rings. The van der Waals surface area contributed by atoms with Crippen LogP contribution in [0.15, 0.2) is 48.7 Å². The minimum absolute atomic E-state index is 0.0416. The highest BCUT2D eigenvalue weighted by atomic mass is 32.1. The molecule has 1 fully saturated rings. The summed E-state index contributed by atoms with van der Waals surface area (Å²) in [7, 11) is 0. The first-order chi connectivity index (χ1) is 21.3. The van der Waals surface area contributed by atoms with E-state index in [0.29, 0.717) is 29.2 Å². The van der Waals surface area contributed by atoms with Crippen LogP contribution in [0.2, 0.25) is 0 Å². The van der Waals surface area contributed by atoms with Crippen LogP contribution in [0.4, 0.5) is 18.0 Å². The van der Waals surface area contributed by atoms with Gasteiger partial charge in [-0.25, -0.2) is 4.79 Å². The van der Waals surface area contributed by atoms with E-state index in [1.165, 1.54) is 33.2 Å². The molecule has 0 N–H and O–H groups in total. The van der Waals surface area contributed by atoms with Crippen LogP contribution in [-0.2, 0) is 33.5 Å². The Hall–Kier alpha value is -4.15. The third-order valence-electron chi connectivity index (χ3n) is 7.61. The molecule has 2 atom stereocenters. The molecule has 1 aromatic carbocycles. The average molecular weight is 642 g/mol. The molecule has 9 nitrogen and oxygen atoms in total. The number of benzene rings is 1. The Kier molecular flexibility index (Phi) is 9.09. The van der Waals surface area contributed by atoms with Crippen molar-refractivity contribution >= 4 is 23.3 Å². The first kappa shape index (κ1) is 32.2. The lowest BCUT2D eigenvalue weighted by atomic mass is 9.83. The number of halogens is 3. The van der Waals surface area contributed by atoms with Crippen LogP contribution >= 0.6 is 11.3 Å². The maximum atomic E-state index is 14.1. The molecule has 13 heteroatoms. The molecule has 1 saturated heterocycles. The van der Waals surface area contributed by atoms with Crippen LogP contribution in [0.25, 0.3) is 11.1 Å². The number of aryl methyl sites for hydroxylation is 1. The summed E-state index contributed by atoms with van der Waals surface area (Å²) >= 11 is 1.26. The number of alkyl halides is 3. The van der Waals surface area contributed by atoms with Gasteiger partial charge in [0.1, 0.15) is 16.5 Å². The van der Waals surface area contributed by atoms with Gasteiger partial charge in [0.15, 0.2) is 5.69 Å². The van der Waals surface area contributed by atoms with E-state index in [-0.39, 0.29) is 37.7 Å². The summed E-state index contributed by atoms with van der Waals surface area (Å²) in [6.45, 7) is 8.59. The van der Waals surface area contributed by atoms with Crippen molar-refractivity contribution in [2.24, 2.45) is 0 Å². The summed E-state index contributed by atoms with van der Waals surface area (Å²) < 4.78 is 54.7. The fourth-order valence-corrected chi connectivity index (χ4v) is 6.61. The highest BCUT2D eigenvalue weighted by Crippen LogP contribution is 2.44. The van der Waals surface area contributed by atoms with Crippen molar-refractivity contribution in [2.75, 3.05) is 26.3 Å². The molecular weight excluding hydrogens is 607 g/mol. The van der Waals surface area contributed by atoms with E-state index in [0.717, 1.165) is 10.4 Å². The number of amides is 2. The quantitative estimate of drug-likeness (QED) is 0.308. The standard InChI is InChI=1S/C32H34F3N5O4S/c1-5-39-17-26(29(37-39)32(33,34)35)23-9-7-6-8-22(23)25-16-38(18-27-24(25)14-21(15-36)45-27)28(41)11-10-20-19-43-13-12-40(20)30(42)44-31(2,3)4/h6-11,14,17,20,25H,5,12-13,16,18-19H2,1-4H3/b11-10+/t20?,25-/m0/s1. The predicted octanol–water partition coefficient (Wildman–Crippen LogP) is 6.19. The van der Waals surface area contributed by atoms with E-state index in [1.54, 1.807) is 69.0 Å². The molecule has 238 valence electrons. The number of carbonyl (C=O) groups is 2. The van der Waals surface area contributed by atoms with Gasteiger partial charge in [0.25, 0.3) is 0 Å². The van der Waals surface area contributed by atoms with E-state index in [9.17, 15) is 28.0 Å². The molecule has 1 unspecified atom stereocenters. The molecule has 2 aliphatic rings. The Morgan fingerprint density at radius 2 is 1.96 bits per heavy atom. The topological polar surface area (TPSA) is 101 Å². The van der Waals surface area contributed by atoms with Gasteiger partial charge < -0.3 is 14.4 Å². The van der Waals surface area contributed by atoms with E-state index < -0.39 is 35.5 Å². The second-order valence-corrected chi connectivity index (χ2v) is 13.0. The zero-order valence-corrected chi connectivity index (χ0v) is 26.2. The number of carbonyl (C=O) groups excluding carboxylic acids is 2. The Labute approximate surface area is 263 Å². The molecule has 0 radical (unpaired) electrons. The van der Waals surface area contributed by atoms with Crippen molar-refractivity contribution in [1.82, 2.24) is 19.6 Å². The van der Waals surface area contributed by atoms with Gasteiger partial charge in [0, 0.05) is 48.3 Å². The molecule has 0 aliphatic carbocycles. The minimum Gasteiger partial charge on any atom is -0.444 e. The van der Waals surface area contributed by atoms with Crippen molar-refractivity contribution < 1.29 is 32.2 Å². The van der Waals surface area contributed by atoms with Crippen LogP contribution in [-0.4, -0.2) is 69.5 Å². The second kappa shape index (κ2) is 12.7. The third-order valence-corrected chi connectivity index (χ3v) is 8.65. The zero-order valence-electron chi connectivity index (χ0n) is 25.4. The lowest BCUT2D eigenvalue weighted by molar-refractivity contribution is -0.141. The Morgan fingerprint density at radius 3 is 2.64 bits per heavy atom. The van der Waals surface area contributed by atoms with Gasteiger partial charge in [0.2, 0.25) is 5.91 Å². The van der Waals surface area contributed by atoms with Crippen LogP contribution in [0.5, 0.6) is 0 Å². The van der Waals surface area contributed by atoms with Gasteiger partial charge in [-0.1, -0.05) is 30.3 Å². The van der Waals surface area contributed by atoms with Crippen molar-refractivity contribution in [3.63, 3.8) is 0 Å². The first-order valence-corrected chi connectivity index (χ1v) is 15.4. The number of rotatable bonds is 5. The van der Waals surface area contributed by atoms with E-state index in [1.807, 2.05) is 0 Å². The molecular formula is C32H34F3N5O4S. The summed E-state index contributed by atoms with van der Waals surface area (Å²) in [5.41, 5.74) is 0.0687. The van der Waals surface area contributed by atoms with Gasteiger partial charge in [-0.2, -0.15) is 23.5 Å². The number of thiophene rings is 1. The number of ether oxygens (including phenoxy) is 2. The fraction of sp³-hybridized carbons (Fsp3) is 0.438. The monoisotopic (exact) mass is 641 g/mol. The first-order valence-electron chi connectivity index (χ1n) is 14.6. The average Bonchev–Trinajstić information content (AvgIpc) is 3.63. The zero-order chi connectivity index (χ0) is 32.5. The minimum atomic E-state index is -4.67. The largest absolute Gasteiger partial charge is 0.444 e. The Bertz CT molecular complexity index is 1650. The number of hydrogen-bond donors (Lipinski definition) is 0. The van der Waals surface area contributed by atoms with E-state index in [2.05, 4.69) is 11.2 Å². The molecule has 0 saturated carbocycles. The summed E-state index contributed by atoms with van der Waals surface area (Å²) in [6, 6.07) is 10.2. The maximum Gasteiger partial charge on any atom is 0.435 e. The molecule has 4 heterocycles. The van der Waals surface area contributed by atoms with Crippen LogP contribution in [0.3, 0.4) is 0 Å². The third kappa shape index (κ3) is 7.07. The number of nitriles is 1. The number of nitrogens with zero attached hydrogens (tertiary/aromatic N) is 5. The summed E-state index contributed by atoms with van der Waals surface area (Å²) in [5.74, 6) is -0.831.